The molecule has 1 aromatic carbocycles. The largest absolute Gasteiger partial charge is 0.351 e. The Labute approximate surface area is 106 Å². The van der Waals surface area contributed by atoms with Crippen LogP contribution in [0, 0.1) is 0 Å². The Hall–Kier alpha value is -1.81. The van der Waals surface area contributed by atoms with Crippen molar-refractivity contribution in [1.82, 2.24) is 9.58 Å². The fraction of sp³-hybridized carbons (Fsp3) is 0.357. The van der Waals surface area contributed by atoms with E-state index in [9.17, 15) is 4.79 Å². The summed E-state index contributed by atoms with van der Waals surface area (Å²) >= 11 is 0. The van der Waals surface area contributed by atoms with E-state index in [-0.39, 0.29) is 5.91 Å². The van der Waals surface area contributed by atoms with Crippen LogP contribution < -0.4 is 5.84 Å². The lowest BCUT2D eigenvalue weighted by Crippen LogP contribution is -2.39. The molecule has 94 valence electrons. The van der Waals surface area contributed by atoms with Crippen LogP contribution in [0.2, 0.25) is 0 Å². The first-order chi connectivity index (χ1) is 8.52. The Bertz CT molecular complexity index is 631. The third kappa shape index (κ3) is 1.39. The molecular weight excluding hydrogens is 226 g/mol. The Morgan fingerprint density at radius 1 is 1.33 bits per heavy atom. The fourth-order valence-electron chi connectivity index (χ4n) is 2.76. The second kappa shape index (κ2) is 3.59. The zero-order valence-electron chi connectivity index (χ0n) is 10.7. The van der Waals surface area contributed by atoms with Crippen LogP contribution in [0.4, 0.5) is 0 Å². The van der Waals surface area contributed by atoms with Gasteiger partial charge < -0.3 is 4.57 Å². The maximum atomic E-state index is 12.2. The van der Waals surface area contributed by atoms with Gasteiger partial charge in [0.2, 0.25) is 5.91 Å². The van der Waals surface area contributed by atoms with Gasteiger partial charge in [0.1, 0.15) is 0 Å². The van der Waals surface area contributed by atoms with Gasteiger partial charge in [0.05, 0.1) is 5.41 Å². The molecule has 3 rings (SSSR count). The van der Waals surface area contributed by atoms with Crippen LogP contribution in [-0.2, 0) is 17.3 Å². The zero-order valence-corrected chi connectivity index (χ0v) is 10.7. The third-order valence-electron chi connectivity index (χ3n) is 4.11. The summed E-state index contributed by atoms with van der Waals surface area (Å²) in [6, 6.07) is 8.29. The number of amides is 1. The van der Waals surface area contributed by atoms with E-state index in [1.54, 1.807) is 0 Å². The third-order valence-corrected chi connectivity index (χ3v) is 4.11. The zero-order chi connectivity index (χ0) is 12.9. The number of carbonyl (C=O) groups is 1. The van der Waals surface area contributed by atoms with E-state index in [1.807, 2.05) is 26.2 Å². The molecule has 4 nitrogen and oxygen atoms in total. The fourth-order valence-corrected chi connectivity index (χ4v) is 2.76. The smallest absolute Gasteiger partial charge is 0.246 e. The van der Waals surface area contributed by atoms with Gasteiger partial charge in [-0.1, -0.05) is 6.07 Å². The van der Waals surface area contributed by atoms with E-state index in [4.69, 9.17) is 5.84 Å². The molecule has 1 aliphatic heterocycles. The molecule has 1 fully saturated rings. The van der Waals surface area contributed by atoms with Crippen LogP contribution in [0.25, 0.3) is 10.9 Å². The Balaban J connectivity index is 2.12. The Morgan fingerprint density at radius 2 is 2.11 bits per heavy atom. The second-order valence-electron chi connectivity index (χ2n) is 5.28. The number of hydrogen-bond donors (Lipinski definition) is 1. The van der Waals surface area contributed by atoms with Crippen LogP contribution >= 0.6 is 0 Å². The minimum atomic E-state index is -0.473. The van der Waals surface area contributed by atoms with Crippen LogP contribution in [0.3, 0.4) is 0 Å². The molecule has 18 heavy (non-hydrogen) atoms. The van der Waals surface area contributed by atoms with E-state index in [0.717, 1.165) is 12.0 Å². The summed E-state index contributed by atoms with van der Waals surface area (Å²) in [6.45, 7) is 2.61. The van der Waals surface area contributed by atoms with Gasteiger partial charge >= 0.3 is 0 Å². The Morgan fingerprint density at radius 3 is 2.78 bits per heavy atom. The number of nitrogens with zero attached hydrogens (tertiary/aromatic N) is 2. The number of fused-ring (bicyclic) bond motifs is 1. The lowest BCUT2D eigenvalue weighted by molar-refractivity contribution is -0.132. The number of benzene rings is 1. The van der Waals surface area contributed by atoms with Crippen LogP contribution in [0.15, 0.2) is 30.5 Å². The highest BCUT2D eigenvalue weighted by Crippen LogP contribution is 2.35. The van der Waals surface area contributed by atoms with Crippen LogP contribution in [0.5, 0.6) is 0 Å². The predicted octanol–water partition coefficient (Wildman–Crippen LogP) is 1.54. The predicted molar refractivity (Wildman–Crippen MR) is 70.8 cm³/mol. The summed E-state index contributed by atoms with van der Waals surface area (Å²) in [5.74, 6) is 5.70. The molecule has 1 aliphatic rings. The van der Waals surface area contributed by atoms with Crippen molar-refractivity contribution in [3.8, 4) is 0 Å². The topological polar surface area (TPSA) is 51.3 Å². The maximum absolute atomic E-state index is 12.2. The molecule has 0 spiro atoms. The molecule has 1 atom stereocenters. The van der Waals surface area contributed by atoms with Crippen molar-refractivity contribution in [2.75, 3.05) is 6.54 Å². The summed E-state index contributed by atoms with van der Waals surface area (Å²) in [5, 5.41) is 2.49. The van der Waals surface area contributed by atoms with Crippen molar-refractivity contribution >= 4 is 16.8 Å². The average Bonchev–Trinajstić information content (AvgIpc) is 2.87. The molecule has 0 unspecified atom stereocenters. The van der Waals surface area contributed by atoms with E-state index in [2.05, 4.69) is 22.8 Å². The van der Waals surface area contributed by atoms with Crippen molar-refractivity contribution in [2.24, 2.45) is 12.9 Å². The van der Waals surface area contributed by atoms with Gasteiger partial charge in [-0.3, -0.25) is 9.80 Å². The van der Waals surface area contributed by atoms with Crippen molar-refractivity contribution in [2.45, 2.75) is 18.8 Å². The molecule has 1 aromatic heterocycles. The van der Waals surface area contributed by atoms with Gasteiger partial charge in [-0.05, 0) is 42.5 Å². The lowest BCUT2D eigenvalue weighted by Gasteiger charge is -2.22. The molecular formula is C14H17N3O. The number of rotatable bonds is 1. The molecule has 1 saturated heterocycles. The highest BCUT2D eigenvalue weighted by Gasteiger charge is 2.43. The monoisotopic (exact) mass is 243 g/mol. The quantitative estimate of drug-likeness (QED) is 0.610. The number of aryl methyl sites for hydroxylation is 1. The minimum Gasteiger partial charge on any atom is -0.351 e. The molecule has 0 aliphatic carbocycles. The Kier molecular flexibility index (Phi) is 2.25. The minimum absolute atomic E-state index is 0.0118. The van der Waals surface area contributed by atoms with E-state index in [1.165, 1.54) is 15.9 Å². The van der Waals surface area contributed by atoms with Gasteiger partial charge in [-0.2, -0.15) is 0 Å². The average molecular weight is 243 g/mol. The summed E-state index contributed by atoms with van der Waals surface area (Å²) in [7, 11) is 2.02. The standard InChI is InChI=1S/C14H17N3O/c1-14(6-8-17(15)13(14)18)11-3-4-12-10(9-11)5-7-16(12)2/h3-5,7,9H,6,8,15H2,1-2H3/t14-/m0/s1. The normalized spacial score (nSPS) is 24.2. The molecule has 4 heteroatoms. The van der Waals surface area contributed by atoms with Crippen molar-refractivity contribution < 1.29 is 4.79 Å². The highest BCUT2D eigenvalue weighted by atomic mass is 16.2. The van der Waals surface area contributed by atoms with E-state index >= 15 is 0 Å². The molecule has 1 amide bonds. The van der Waals surface area contributed by atoms with Gasteiger partial charge in [-0.15, -0.1) is 0 Å². The molecule has 2 heterocycles. The summed E-state index contributed by atoms with van der Waals surface area (Å²) in [6.07, 6.45) is 2.81. The van der Waals surface area contributed by atoms with Gasteiger partial charge in [0.15, 0.2) is 0 Å². The van der Waals surface area contributed by atoms with Gasteiger partial charge in [0.25, 0.3) is 0 Å². The summed E-state index contributed by atoms with van der Waals surface area (Å²) in [5.41, 5.74) is 1.76. The molecule has 2 N–H and O–H groups in total. The molecule has 0 saturated carbocycles. The first kappa shape index (κ1) is 11.3. The van der Waals surface area contributed by atoms with Crippen LogP contribution in [0.1, 0.15) is 18.9 Å². The van der Waals surface area contributed by atoms with Gasteiger partial charge in [0, 0.05) is 25.3 Å². The summed E-state index contributed by atoms with van der Waals surface area (Å²) in [4.78, 5) is 12.2. The number of nitrogens with two attached hydrogens (primary N) is 1. The van der Waals surface area contributed by atoms with Crippen molar-refractivity contribution in [1.29, 1.82) is 0 Å². The first-order valence-electron chi connectivity index (χ1n) is 6.14. The second-order valence-corrected chi connectivity index (χ2v) is 5.28. The van der Waals surface area contributed by atoms with Crippen molar-refractivity contribution in [3.05, 3.63) is 36.0 Å². The maximum Gasteiger partial charge on any atom is 0.246 e. The molecule has 2 aromatic rings. The van der Waals surface area contributed by atoms with Gasteiger partial charge in [-0.25, -0.2) is 5.84 Å². The molecule has 0 radical (unpaired) electrons. The van der Waals surface area contributed by atoms with Crippen LogP contribution in [-0.4, -0.2) is 22.0 Å². The first-order valence-corrected chi connectivity index (χ1v) is 6.14. The lowest BCUT2D eigenvalue weighted by atomic mass is 9.81. The van der Waals surface area contributed by atoms with E-state index < -0.39 is 5.41 Å². The number of hydrogen-bond acceptors (Lipinski definition) is 2. The number of aromatic nitrogens is 1. The molecule has 0 bridgehead atoms. The van der Waals surface area contributed by atoms with E-state index in [0.29, 0.717) is 6.54 Å². The highest BCUT2D eigenvalue weighted by molar-refractivity contribution is 5.91. The summed E-state index contributed by atoms with van der Waals surface area (Å²) < 4.78 is 2.08. The SMILES string of the molecule is Cn1ccc2cc([C@]3(C)CCN(N)C3=O)ccc21. The van der Waals surface area contributed by atoms with Crippen molar-refractivity contribution in [3.63, 3.8) is 0 Å². The number of hydrazine groups is 1. The number of carbonyl (C=O) groups excluding carboxylic acids is 1.